The molecule has 40 heavy (non-hydrogen) atoms. The maximum Gasteiger partial charge on any atom is -1.00 e. The first-order chi connectivity index (χ1) is 17.5. The zero-order valence-corrected chi connectivity index (χ0v) is 29.9. The minimum atomic E-state index is -2.60. The summed E-state index contributed by atoms with van der Waals surface area (Å²) in [6.07, 6.45) is 7.58. The maximum absolute atomic E-state index is 2.62. The van der Waals surface area contributed by atoms with Gasteiger partial charge in [-0.1, -0.05) is 0 Å². The molecule has 0 heterocycles. The van der Waals surface area contributed by atoms with Crippen molar-refractivity contribution < 1.29 is 57.7 Å². The molecule has 0 aromatic heterocycles. The molecule has 0 N–H and O–H groups in total. The van der Waals surface area contributed by atoms with E-state index in [1.165, 1.54) is 37.8 Å². The second-order valence-corrected chi connectivity index (χ2v) is 18.2. The van der Waals surface area contributed by atoms with E-state index in [1.54, 1.807) is 0 Å². The summed E-state index contributed by atoms with van der Waals surface area (Å²) in [5.41, 5.74) is 5.73. The summed E-state index contributed by atoms with van der Waals surface area (Å²) in [6, 6.07) is 28.8. The molecule has 0 saturated carbocycles. The molecule has 0 radical (unpaired) electrons. The molecule has 212 valence electrons. The molecule has 3 aromatic carbocycles. The van der Waals surface area contributed by atoms with E-state index in [0.29, 0.717) is 23.7 Å². The van der Waals surface area contributed by atoms with Gasteiger partial charge in [0.1, 0.15) is 0 Å². The Morgan fingerprint density at radius 3 is 1.18 bits per heavy atom. The van der Waals surface area contributed by atoms with Gasteiger partial charge in [-0.25, -0.2) is 0 Å². The van der Waals surface area contributed by atoms with E-state index in [9.17, 15) is 0 Å². The van der Waals surface area contributed by atoms with Crippen molar-refractivity contribution in [2.75, 3.05) is 0 Å². The standard InChI is InChI=1S/C35H43Si.3ClH.Ti/c1-24(2)28-12-9-15-32(20-28)36(35-19-18-31(23-35)27(7)8,33-16-10-13-29(21-33)25(3)4)34-17-11-14-30(22-34)26(5)6;;;;/h9-27H,1-8H3;3*1H;/q;;;;+3/p-3. The van der Waals surface area contributed by atoms with Gasteiger partial charge in [-0.2, -0.15) is 0 Å². The Hall–Kier alpha value is -1.06. The molecule has 0 bridgehead atoms. The van der Waals surface area contributed by atoms with Crippen molar-refractivity contribution >= 4 is 23.6 Å². The molecule has 0 aliphatic heterocycles. The fourth-order valence-corrected chi connectivity index (χ4v) is 13.5. The summed E-state index contributed by atoms with van der Waals surface area (Å²) in [6.45, 7) is 18.5. The molecule has 1 unspecified atom stereocenters. The second-order valence-electron chi connectivity index (χ2n) is 12.1. The average molecular weight is 646 g/mol. The van der Waals surface area contributed by atoms with Gasteiger partial charge in [0.25, 0.3) is 0 Å². The monoisotopic (exact) mass is 644 g/mol. The van der Waals surface area contributed by atoms with E-state index in [1.807, 2.05) is 0 Å². The third-order valence-corrected chi connectivity index (χ3v) is 15.5. The van der Waals surface area contributed by atoms with E-state index < -0.39 is 8.07 Å². The van der Waals surface area contributed by atoms with Crippen LogP contribution in [0.5, 0.6) is 0 Å². The minimum absolute atomic E-state index is 0. The van der Waals surface area contributed by atoms with Gasteiger partial charge in [-0.3, -0.25) is 0 Å². The summed E-state index contributed by atoms with van der Waals surface area (Å²) in [4.78, 5) is 0. The van der Waals surface area contributed by atoms with Crippen molar-refractivity contribution in [2.45, 2.75) is 76.5 Å². The van der Waals surface area contributed by atoms with Crippen molar-refractivity contribution in [1.29, 1.82) is 0 Å². The first-order valence-electron chi connectivity index (χ1n) is 14.0. The normalized spacial score (nSPS) is 16.6. The van der Waals surface area contributed by atoms with Crippen molar-refractivity contribution in [1.82, 2.24) is 0 Å². The molecule has 0 fully saturated rings. The van der Waals surface area contributed by atoms with Gasteiger partial charge in [0, 0.05) is 0 Å². The Morgan fingerprint density at radius 2 is 0.900 bits per heavy atom. The molecule has 1 aliphatic carbocycles. The van der Waals surface area contributed by atoms with Gasteiger partial charge in [-0.15, -0.1) is 0 Å². The van der Waals surface area contributed by atoms with Crippen molar-refractivity contribution in [2.24, 2.45) is 5.92 Å². The molecule has 5 heteroatoms. The van der Waals surface area contributed by atoms with Crippen LogP contribution >= 0.6 is 0 Å². The molecule has 0 nitrogen and oxygen atoms in total. The van der Waals surface area contributed by atoms with E-state index in [0.717, 1.165) is 0 Å². The zero-order valence-electron chi connectivity index (χ0n) is 25.1. The zero-order chi connectivity index (χ0) is 27.0. The summed E-state index contributed by atoms with van der Waals surface area (Å²) in [7, 11) is -2.60. The van der Waals surface area contributed by atoms with Gasteiger partial charge >= 0.3 is 240 Å². The largest absolute Gasteiger partial charge is 1.00 e. The van der Waals surface area contributed by atoms with Gasteiger partial charge in [0.15, 0.2) is 0 Å². The number of halogens is 3. The van der Waals surface area contributed by atoms with Crippen LogP contribution in [0.1, 0.15) is 89.8 Å². The van der Waals surface area contributed by atoms with Crippen LogP contribution in [0.4, 0.5) is 0 Å². The first kappa shape index (κ1) is 37.0. The molecular weight excluding hydrogens is 603 g/mol. The third-order valence-electron chi connectivity index (χ3n) is 8.18. The molecule has 0 spiro atoms. The number of benzene rings is 3. The Morgan fingerprint density at radius 1 is 0.550 bits per heavy atom. The van der Waals surface area contributed by atoms with E-state index in [4.69, 9.17) is 0 Å². The van der Waals surface area contributed by atoms with Crippen LogP contribution in [0, 0.1) is 5.92 Å². The van der Waals surface area contributed by atoms with Crippen molar-refractivity contribution in [3.05, 3.63) is 113 Å². The summed E-state index contributed by atoms with van der Waals surface area (Å²) < 4.78 is -0.0899. The average Bonchev–Trinajstić information content (AvgIpc) is 3.28. The first-order valence-corrected chi connectivity index (χ1v) is 16.8. The maximum atomic E-state index is 2.62. The van der Waals surface area contributed by atoms with Crippen LogP contribution in [-0.4, -0.2) is 8.07 Å². The number of allylic oxidation sites excluding steroid dienone is 4. The van der Waals surface area contributed by atoms with E-state index in [-0.39, 0.29) is 40.6 Å². The van der Waals surface area contributed by atoms with Crippen LogP contribution in [0.15, 0.2) is 96.6 Å². The van der Waals surface area contributed by atoms with Crippen LogP contribution in [-0.2, 0) is 20.4 Å². The fourth-order valence-electron chi connectivity index (χ4n) is 5.79. The molecule has 4 rings (SSSR count). The number of rotatable bonds is 8. The fraction of sp³-hybridized carbons (Fsp3) is 0.371. The van der Waals surface area contributed by atoms with Gasteiger partial charge in [-0.05, 0) is 0 Å². The minimum Gasteiger partial charge on any atom is -1.00 e. The van der Waals surface area contributed by atoms with Crippen LogP contribution in [0.3, 0.4) is 0 Å². The topological polar surface area (TPSA) is 0 Å². The smallest absolute Gasteiger partial charge is 1.00 e. The van der Waals surface area contributed by atoms with Crippen LogP contribution in [0.2, 0.25) is 3.34 Å². The molecule has 3 aromatic rings. The summed E-state index contributed by atoms with van der Waals surface area (Å²) >= 11 is 2.51. The third kappa shape index (κ3) is 6.94. The van der Waals surface area contributed by atoms with Crippen molar-refractivity contribution in [3.63, 3.8) is 0 Å². The Balaban J connectivity index is 0.00000267. The summed E-state index contributed by atoms with van der Waals surface area (Å²) in [5.74, 6) is 1.98. The van der Waals surface area contributed by atoms with Crippen LogP contribution in [0.25, 0.3) is 0 Å². The van der Waals surface area contributed by atoms with Crippen LogP contribution < -0.4 is 52.8 Å². The predicted molar refractivity (Wildman–Crippen MR) is 161 cm³/mol. The number of hydrogen-bond acceptors (Lipinski definition) is 0. The summed E-state index contributed by atoms with van der Waals surface area (Å²) in [5, 5.41) is 4.52. The van der Waals surface area contributed by atoms with Crippen molar-refractivity contribution in [3.8, 4) is 0 Å². The van der Waals surface area contributed by atoms with Gasteiger partial charge in [0.2, 0.25) is 0 Å². The molecule has 1 aliphatic rings. The Bertz CT molecular complexity index is 1200. The van der Waals surface area contributed by atoms with Gasteiger partial charge in [0.05, 0.1) is 0 Å². The predicted octanol–water partition coefficient (Wildman–Crippen LogP) is -1.06. The molecular formula is C35H43Cl3SiTi. The Kier molecular flexibility index (Phi) is 13.8. The van der Waals surface area contributed by atoms with Gasteiger partial charge < -0.3 is 37.2 Å². The van der Waals surface area contributed by atoms with E-state index in [2.05, 4.69) is 167 Å². The van der Waals surface area contributed by atoms with E-state index >= 15 is 0 Å². The Labute approximate surface area is 275 Å². The quantitative estimate of drug-likeness (QED) is 0.217. The molecule has 1 atom stereocenters. The molecule has 0 saturated heterocycles. The number of hydrogen-bond donors (Lipinski definition) is 0. The SMILES string of the molecule is CC(C)C1=C[C]([Ti+3])([Si](c2cccc(C(C)C)c2)(c2cccc(C(C)C)c2)c2cccc(C(C)C)c2)C=C1.[Cl-].[Cl-].[Cl-]. The second kappa shape index (κ2) is 14.9. The molecule has 0 amide bonds.